The Kier molecular flexibility index (Phi) is 5.98. The number of carbonyl (C=O) groups excluding carboxylic acids is 1. The number of benzene rings is 1. The van der Waals surface area contributed by atoms with Gasteiger partial charge >= 0.3 is 5.97 Å². The Hall–Kier alpha value is -1.43. The van der Waals surface area contributed by atoms with Crippen LogP contribution in [-0.2, 0) is 14.3 Å². The van der Waals surface area contributed by atoms with Gasteiger partial charge in [-0.1, -0.05) is 18.2 Å². The topological polar surface area (TPSA) is 48.0 Å². The minimum Gasteiger partial charge on any atom is -0.379 e. The van der Waals surface area contributed by atoms with Crippen LogP contribution in [0.1, 0.15) is 23.7 Å². The van der Waals surface area contributed by atoms with Crippen molar-refractivity contribution < 1.29 is 19.1 Å². The van der Waals surface area contributed by atoms with Crippen molar-refractivity contribution in [2.24, 2.45) is 0 Å². The fraction of sp³-hybridized carbons (Fsp3) is 0.533. The molecule has 1 aliphatic heterocycles. The van der Waals surface area contributed by atoms with Gasteiger partial charge in [0.15, 0.2) is 0 Å². The Bertz CT molecular complexity index is 410. The van der Waals surface area contributed by atoms with Crippen LogP contribution in [0.25, 0.3) is 0 Å². The first-order valence-electron chi connectivity index (χ1n) is 6.97. The zero-order valence-electron chi connectivity index (χ0n) is 11.8. The number of hydroxylamine groups is 2. The van der Waals surface area contributed by atoms with Crippen molar-refractivity contribution >= 4 is 5.97 Å². The maximum atomic E-state index is 12.1. The molecular weight excluding hydrogens is 258 g/mol. The van der Waals surface area contributed by atoms with Crippen molar-refractivity contribution in [3.63, 3.8) is 0 Å². The van der Waals surface area contributed by atoms with Gasteiger partial charge in [0.05, 0.1) is 31.4 Å². The Morgan fingerprint density at radius 1 is 1.20 bits per heavy atom. The van der Waals surface area contributed by atoms with Crippen molar-refractivity contribution in [3.8, 4) is 0 Å². The van der Waals surface area contributed by atoms with Crippen molar-refractivity contribution in [2.45, 2.75) is 19.4 Å². The van der Waals surface area contributed by atoms with Gasteiger partial charge in [-0.25, -0.2) is 4.79 Å². The summed E-state index contributed by atoms with van der Waals surface area (Å²) in [6.07, 6.45) is 0.826. The molecule has 1 aromatic carbocycles. The number of hydrogen-bond donors (Lipinski definition) is 0. The van der Waals surface area contributed by atoms with Crippen LogP contribution in [0.4, 0.5) is 0 Å². The lowest BCUT2D eigenvalue weighted by molar-refractivity contribution is -0.154. The molecule has 110 valence electrons. The number of carbonyl (C=O) groups is 1. The van der Waals surface area contributed by atoms with E-state index in [-0.39, 0.29) is 12.0 Å². The second-order valence-electron chi connectivity index (χ2n) is 4.78. The molecule has 0 N–H and O–H groups in total. The molecule has 0 radical (unpaired) electrons. The first kappa shape index (κ1) is 15.0. The van der Waals surface area contributed by atoms with Crippen LogP contribution in [0.15, 0.2) is 30.3 Å². The summed E-state index contributed by atoms with van der Waals surface area (Å²) < 4.78 is 10.9. The highest BCUT2D eigenvalue weighted by Crippen LogP contribution is 2.09. The Morgan fingerprint density at radius 3 is 2.75 bits per heavy atom. The van der Waals surface area contributed by atoms with E-state index in [2.05, 4.69) is 0 Å². The van der Waals surface area contributed by atoms with E-state index in [1.165, 1.54) is 0 Å². The number of rotatable bonds is 2. The quantitative estimate of drug-likeness (QED) is 0.827. The van der Waals surface area contributed by atoms with E-state index in [9.17, 15) is 4.79 Å². The summed E-state index contributed by atoms with van der Waals surface area (Å²) in [5, 5.41) is 1.68. The molecule has 5 heteroatoms. The van der Waals surface area contributed by atoms with Gasteiger partial charge in [0.1, 0.15) is 0 Å². The summed E-state index contributed by atoms with van der Waals surface area (Å²) in [6.45, 7) is 4.99. The molecule has 20 heavy (non-hydrogen) atoms. The number of nitrogens with zero attached hydrogens (tertiary/aromatic N) is 1. The van der Waals surface area contributed by atoms with E-state index in [1.54, 1.807) is 17.2 Å². The summed E-state index contributed by atoms with van der Waals surface area (Å²) >= 11 is 0. The van der Waals surface area contributed by atoms with E-state index in [4.69, 9.17) is 14.3 Å². The zero-order valence-corrected chi connectivity index (χ0v) is 11.8. The predicted octanol–water partition coefficient (Wildman–Crippen LogP) is 1.89. The second-order valence-corrected chi connectivity index (χ2v) is 4.78. The molecule has 1 aliphatic rings. The minimum absolute atomic E-state index is 0.0285. The number of ether oxygens (including phenoxy) is 2. The maximum absolute atomic E-state index is 12.1. The Morgan fingerprint density at radius 2 is 1.95 bits per heavy atom. The first-order chi connectivity index (χ1) is 9.77. The van der Waals surface area contributed by atoms with Crippen LogP contribution >= 0.6 is 0 Å². The highest BCUT2D eigenvalue weighted by molar-refractivity contribution is 5.89. The van der Waals surface area contributed by atoms with Crippen LogP contribution in [0, 0.1) is 0 Å². The van der Waals surface area contributed by atoms with Crippen LogP contribution in [0.5, 0.6) is 0 Å². The SMILES string of the molecule is CC1COCCOCCCN1OC(=O)c1ccccc1. The van der Waals surface area contributed by atoms with Crippen molar-refractivity contribution in [2.75, 3.05) is 33.0 Å². The summed E-state index contributed by atoms with van der Waals surface area (Å²) in [5.74, 6) is -0.338. The maximum Gasteiger partial charge on any atom is 0.357 e. The molecule has 0 aromatic heterocycles. The van der Waals surface area contributed by atoms with Gasteiger partial charge in [-0.2, -0.15) is 0 Å². The molecular formula is C15H21NO4. The smallest absolute Gasteiger partial charge is 0.357 e. The molecule has 0 saturated carbocycles. The standard InChI is InChI=1S/C15H21NO4/c1-13-12-19-11-10-18-9-5-8-16(13)20-15(17)14-6-3-2-4-7-14/h2-4,6-7,13H,5,8-12H2,1H3. The van der Waals surface area contributed by atoms with Gasteiger partial charge in [0, 0.05) is 13.2 Å². The molecule has 0 spiro atoms. The summed E-state index contributed by atoms with van der Waals surface area (Å²) in [5.41, 5.74) is 0.550. The third-order valence-electron chi connectivity index (χ3n) is 3.10. The van der Waals surface area contributed by atoms with E-state index >= 15 is 0 Å². The first-order valence-corrected chi connectivity index (χ1v) is 6.97. The van der Waals surface area contributed by atoms with Gasteiger partial charge in [-0.3, -0.25) is 0 Å². The highest BCUT2D eigenvalue weighted by atomic mass is 16.7. The largest absolute Gasteiger partial charge is 0.379 e. The molecule has 2 rings (SSSR count). The average Bonchev–Trinajstić information content (AvgIpc) is 2.49. The predicted molar refractivity (Wildman–Crippen MR) is 74.3 cm³/mol. The second kappa shape index (κ2) is 7.99. The zero-order chi connectivity index (χ0) is 14.2. The van der Waals surface area contributed by atoms with Crippen LogP contribution < -0.4 is 0 Å². The molecule has 0 bridgehead atoms. The lowest BCUT2D eigenvalue weighted by atomic mass is 10.2. The summed E-state index contributed by atoms with van der Waals surface area (Å²) in [4.78, 5) is 17.6. The Balaban J connectivity index is 1.94. The van der Waals surface area contributed by atoms with Crippen molar-refractivity contribution in [3.05, 3.63) is 35.9 Å². The molecule has 1 fully saturated rings. The van der Waals surface area contributed by atoms with Crippen molar-refractivity contribution in [1.29, 1.82) is 0 Å². The lowest BCUT2D eigenvalue weighted by Crippen LogP contribution is -2.40. The molecule has 1 heterocycles. The fourth-order valence-corrected chi connectivity index (χ4v) is 1.97. The molecule has 0 aliphatic carbocycles. The van der Waals surface area contributed by atoms with Crippen LogP contribution in [-0.4, -0.2) is 50.0 Å². The van der Waals surface area contributed by atoms with Crippen LogP contribution in [0.2, 0.25) is 0 Å². The van der Waals surface area contributed by atoms with E-state index in [0.29, 0.717) is 38.5 Å². The van der Waals surface area contributed by atoms with Gasteiger partial charge in [0.25, 0.3) is 0 Å². The van der Waals surface area contributed by atoms with Gasteiger partial charge in [-0.15, -0.1) is 5.06 Å². The lowest BCUT2D eigenvalue weighted by Gasteiger charge is -2.28. The van der Waals surface area contributed by atoms with Crippen molar-refractivity contribution in [1.82, 2.24) is 5.06 Å². The third kappa shape index (κ3) is 4.59. The minimum atomic E-state index is -0.338. The normalized spacial score (nSPS) is 22.1. The van der Waals surface area contributed by atoms with Gasteiger partial charge < -0.3 is 14.3 Å². The van der Waals surface area contributed by atoms with Gasteiger partial charge in [-0.05, 0) is 25.5 Å². The van der Waals surface area contributed by atoms with E-state index in [0.717, 1.165) is 6.42 Å². The number of hydrogen-bond acceptors (Lipinski definition) is 5. The Labute approximate surface area is 119 Å². The van der Waals surface area contributed by atoms with E-state index < -0.39 is 0 Å². The highest BCUT2D eigenvalue weighted by Gasteiger charge is 2.20. The van der Waals surface area contributed by atoms with Crippen LogP contribution in [0.3, 0.4) is 0 Å². The molecule has 0 amide bonds. The average molecular weight is 279 g/mol. The van der Waals surface area contributed by atoms with E-state index in [1.807, 2.05) is 25.1 Å². The molecule has 1 atom stereocenters. The monoisotopic (exact) mass is 279 g/mol. The fourth-order valence-electron chi connectivity index (χ4n) is 1.97. The molecule has 1 saturated heterocycles. The molecule has 1 aromatic rings. The molecule has 5 nitrogen and oxygen atoms in total. The summed E-state index contributed by atoms with van der Waals surface area (Å²) in [6, 6.07) is 9.02. The summed E-state index contributed by atoms with van der Waals surface area (Å²) in [7, 11) is 0. The van der Waals surface area contributed by atoms with Gasteiger partial charge in [0.2, 0.25) is 0 Å². The molecule has 1 unspecified atom stereocenters. The third-order valence-corrected chi connectivity index (χ3v) is 3.10.